The number of nitrogens with zero attached hydrogens (tertiary/aromatic N) is 3. The van der Waals surface area contributed by atoms with E-state index >= 15 is 0 Å². The van der Waals surface area contributed by atoms with Crippen molar-refractivity contribution in [2.45, 2.75) is 39.0 Å². The van der Waals surface area contributed by atoms with Crippen molar-refractivity contribution in [1.82, 2.24) is 14.8 Å². The zero-order chi connectivity index (χ0) is 19.9. The highest BCUT2D eigenvalue weighted by Gasteiger charge is 2.13. The minimum Gasteiger partial charge on any atom is -0.378 e. The van der Waals surface area contributed by atoms with E-state index in [0.717, 1.165) is 34.5 Å². The number of nitrogens with one attached hydrogen (secondary N) is 2. The summed E-state index contributed by atoms with van der Waals surface area (Å²) < 4.78 is 2.03. The average Bonchev–Trinajstić information content (AvgIpc) is 3.09. The van der Waals surface area contributed by atoms with Crippen LogP contribution in [0.2, 0.25) is 0 Å². The van der Waals surface area contributed by atoms with Crippen LogP contribution < -0.4 is 10.6 Å². The number of aromatic nitrogens is 3. The van der Waals surface area contributed by atoms with Gasteiger partial charge < -0.3 is 15.2 Å². The molecular weight excluding hydrogens is 370 g/mol. The molecule has 3 rings (SSSR count). The first kappa shape index (κ1) is 19.9. The van der Waals surface area contributed by atoms with Crippen LogP contribution in [0.4, 0.5) is 11.4 Å². The Balaban J connectivity index is 1.58. The first-order valence-electron chi connectivity index (χ1n) is 9.27. The number of para-hydroxylation sites is 1. The monoisotopic (exact) mass is 395 g/mol. The number of hydrogen-bond acceptors (Lipinski definition) is 5. The van der Waals surface area contributed by atoms with E-state index < -0.39 is 0 Å². The van der Waals surface area contributed by atoms with Crippen molar-refractivity contribution >= 4 is 29.0 Å². The van der Waals surface area contributed by atoms with Crippen LogP contribution in [0.3, 0.4) is 0 Å². The van der Waals surface area contributed by atoms with Gasteiger partial charge in [-0.2, -0.15) is 0 Å². The molecule has 0 aliphatic carbocycles. The molecular formula is C21H25N5OS. The summed E-state index contributed by atoms with van der Waals surface area (Å²) in [5.74, 6) is 1.09. The first-order valence-corrected chi connectivity index (χ1v) is 10.3. The predicted molar refractivity (Wildman–Crippen MR) is 115 cm³/mol. The fourth-order valence-electron chi connectivity index (χ4n) is 2.76. The minimum absolute atomic E-state index is 0.0516. The van der Waals surface area contributed by atoms with E-state index in [1.165, 1.54) is 17.3 Å². The van der Waals surface area contributed by atoms with Gasteiger partial charge in [0, 0.05) is 17.9 Å². The standard InChI is InChI=1S/C21H25N5OS/c1-4-26-19(13-22-17-11-9-15(2)10-12-17)24-25-21(26)28-14-20(27)23-18-8-6-5-7-16(18)3/h5-12,22H,4,13-14H2,1-3H3,(H,23,27). The van der Waals surface area contributed by atoms with Gasteiger partial charge in [0.2, 0.25) is 5.91 Å². The Labute approximate surface area is 169 Å². The van der Waals surface area contributed by atoms with Gasteiger partial charge in [-0.1, -0.05) is 47.7 Å². The quantitative estimate of drug-likeness (QED) is 0.558. The molecule has 0 radical (unpaired) electrons. The second-order valence-electron chi connectivity index (χ2n) is 6.51. The summed E-state index contributed by atoms with van der Waals surface area (Å²) in [4.78, 5) is 12.3. The molecule has 0 spiro atoms. The summed E-state index contributed by atoms with van der Waals surface area (Å²) in [5, 5.41) is 15.6. The van der Waals surface area contributed by atoms with E-state index in [1.807, 2.05) is 47.9 Å². The molecule has 3 aromatic rings. The molecule has 1 amide bonds. The van der Waals surface area contributed by atoms with Gasteiger partial charge in [0.25, 0.3) is 0 Å². The fraction of sp³-hybridized carbons (Fsp3) is 0.286. The van der Waals surface area contributed by atoms with E-state index in [1.54, 1.807) is 0 Å². The topological polar surface area (TPSA) is 71.8 Å². The van der Waals surface area contributed by atoms with Crippen molar-refractivity contribution in [1.29, 1.82) is 0 Å². The maximum Gasteiger partial charge on any atom is 0.234 e. The van der Waals surface area contributed by atoms with Crippen LogP contribution in [-0.2, 0) is 17.9 Å². The third-order valence-corrected chi connectivity index (χ3v) is 5.33. The number of rotatable bonds is 8. The van der Waals surface area contributed by atoms with Crippen LogP contribution in [0.5, 0.6) is 0 Å². The van der Waals surface area contributed by atoms with Crippen LogP contribution >= 0.6 is 11.8 Å². The maximum atomic E-state index is 12.3. The number of anilines is 2. The van der Waals surface area contributed by atoms with Crippen LogP contribution in [0.25, 0.3) is 0 Å². The molecule has 0 unspecified atom stereocenters. The third kappa shape index (κ3) is 5.13. The summed E-state index contributed by atoms with van der Waals surface area (Å²) in [7, 11) is 0. The van der Waals surface area contributed by atoms with Crippen LogP contribution in [0, 0.1) is 13.8 Å². The molecule has 146 valence electrons. The Morgan fingerprint density at radius 3 is 2.54 bits per heavy atom. The van der Waals surface area contributed by atoms with Crippen LogP contribution in [-0.4, -0.2) is 26.4 Å². The Bertz CT molecular complexity index is 936. The van der Waals surface area contributed by atoms with Gasteiger partial charge in [-0.3, -0.25) is 4.79 Å². The highest BCUT2D eigenvalue weighted by Crippen LogP contribution is 2.19. The summed E-state index contributed by atoms with van der Waals surface area (Å²) >= 11 is 1.40. The number of carbonyl (C=O) groups excluding carboxylic acids is 1. The third-order valence-electron chi connectivity index (χ3n) is 4.36. The molecule has 2 aromatic carbocycles. The average molecular weight is 396 g/mol. The van der Waals surface area contributed by atoms with Crippen molar-refractivity contribution in [3.05, 3.63) is 65.5 Å². The molecule has 1 heterocycles. The Kier molecular flexibility index (Phi) is 6.71. The lowest BCUT2D eigenvalue weighted by Crippen LogP contribution is -2.15. The normalized spacial score (nSPS) is 10.7. The van der Waals surface area contributed by atoms with E-state index in [9.17, 15) is 4.79 Å². The summed E-state index contributed by atoms with van der Waals surface area (Å²) in [5.41, 5.74) is 4.16. The van der Waals surface area contributed by atoms with Gasteiger partial charge >= 0.3 is 0 Å². The zero-order valence-electron chi connectivity index (χ0n) is 16.4. The van der Waals surface area contributed by atoms with Gasteiger partial charge in [-0.05, 0) is 44.5 Å². The van der Waals surface area contributed by atoms with Crippen molar-refractivity contribution < 1.29 is 4.79 Å². The summed E-state index contributed by atoms with van der Waals surface area (Å²) in [6, 6.07) is 16.0. The molecule has 0 aliphatic heterocycles. The van der Waals surface area contributed by atoms with E-state index in [0.29, 0.717) is 6.54 Å². The van der Waals surface area contributed by atoms with Gasteiger partial charge in [-0.25, -0.2) is 0 Å². The molecule has 2 N–H and O–H groups in total. The van der Waals surface area contributed by atoms with Gasteiger partial charge in [0.05, 0.1) is 12.3 Å². The Morgan fingerprint density at radius 1 is 1.07 bits per heavy atom. The fourth-order valence-corrected chi connectivity index (χ4v) is 3.58. The molecule has 0 fully saturated rings. The SMILES string of the molecule is CCn1c(CNc2ccc(C)cc2)nnc1SCC(=O)Nc1ccccc1C. The molecule has 28 heavy (non-hydrogen) atoms. The molecule has 0 atom stereocenters. The maximum absolute atomic E-state index is 12.3. The van der Waals surface area contributed by atoms with E-state index in [4.69, 9.17) is 0 Å². The lowest BCUT2D eigenvalue weighted by Gasteiger charge is -2.10. The van der Waals surface area contributed by atoms with Gasteiger partial charge in [0.15, 0.2) is 11.0 Å². The molecule has 0 saturated heterocycles. The second kappa shape index (κ2) is 9.41. The number of hydrogen-bond donors (Lipinski definition) is 2. The van der Waals surface area contributed by atoms with Crippen molar-refractivity contribution in [3.63, 3.8) is 0 Å². The smallest absolute Gasteiger partial charge is 0.234 e. The molecule has 0 bridgehead atoms. The van der Waals surface area contributed by atoms with E-state index in [2.05, 4.69) is 46.8 Å². The van der Waals surface area contributed by atoms with Gasteiger partial charge in [-0.15, -0.1) is 10.2 Å². The Morgan fingerprint density at radius 2 is 1.82 bits per heavy atom. The van der Waals surface area contributed by atoms with Crippen molar-refractivity contribution in [3.8, 4) is 0 Å². The lowest BCUT2D eigenvalue weighted by molar-refractivity contribution is -0.113. The van der Waals surface area contributed by atoms with Crippen molar-refractivity contribution in [2.24, 2.45) is 0 Å². The molecule has 0 saturated carbocycles. The minimum atomic E-state index is -0.0516. The van der Waals surface area contributed by atoms with Gasteiger partial charge in [0.1, 0.15) is 0 Å². The molecule has 1 aromatic heterocycles. The first-order chi connectivity index (χ1) is 13.6. The highest BCUT2D eigenvalue weighted by molar-refractivity contribution is 7.99. The number of thioether (sulfide) groups is 1. The van der Waals surface area contributed by atoms with E-state index in [-0.39, 0.29) is 11.7 Å². The number of amides is 1. The molecule has 6 nitrogen and oxygen atoms in total. The number of carbonyl (C=O) groups is 1. The largest absolute Gasteiger partial charge is 0.378 e. The second-order valence-corrected chi connectivity index (χ2v) is 7.46. The van der Waals surface area contributed by atoms with Crippen molar-refractivity contribution in [2.75, 3.05) is 16.4 Å². The number of benzene rings is 2. The van der Waals surface area contributed by atoms with Crippen LogP contribution in [0.1, 0.15) is 23.9 Å². The molecule has 7 heteroatoms. The summed E-state index contributed by atoms with van der Waals surface area (Å²) in [6.45, 7) is 7.43. The lowest BCUT2D eigenvalue weighted by atomic mass is 10.2. The molecule has 0 aliphatic rings. The zero-order valence-corrected chi connectivity index (χ0v) is 17.2. The predicted octanol–water partition coefficient (Wildman–Crippen LogP) is 4.26. The number of aryl methyl sites for hydroxylation is 2. The Hall–Kier alpha value is -2.80. The summed E-state index contributed by atoms with van der Waals surface area (Å²) in [6.07, 6.45) is 0. The highest BCUT2D eigenvalue weighted by atomic mass is 32.2. The van der Waals surface area contributed by atoms with Crippen LogP contribution in [0.15, 0.2) is 53.7 Å².